The molecular formula is C25H22BrN3O4. The van der Waals surface area contributed by atoms with Gasteiger partial charge in [-0.05, 0) is 64.3 Å². The molecule has 0 aliphatic heterocycles. The second-order valence-electron chi connectivity index (χ2n) is 6.77. The Hall–Kier alpha value is -3.91. The van der Waals surface area contributed by atoms with Crippen LogP contribution in [0.5, 0.6) is 11.5 Å². The molecule has 0 saturated carbocycles. The van der Waals surface area contributed by atoms with Crippen molar-refractivity contribution < 1.29 is 19.4 Å². The first-order valence-corrected chi connectivity index (χ1v) is 10.9. The zero-order valence-corrected chi connectivity index (χ0v) is 19.4. The molecule has 0 spiro atoms. The number of hydrogen-bond donors (Lipinski definition) is 3. The van der Waals surface area contributed by atoms with Gasteiger partial charge in [-0.25, -0.2) is 5.43 Å². The fraction of sp³-hybridized carbons (Fsp3) is 0.0800. The van der Waals surface area contributed by atoms with E-state index in [0.717, 1.165) is 5.56 Å². The third-order valence-corrected chi connectivity index (χ3v) is 4.97. The van der Waals surface area contributed by atoms with Crippen LogP contribution in [-0.2, 0) is 4.79 Å². The van der Waals surface area contributed by atoms with Gasteiger partial charge in [-0.1, -0.05) is 48.5 Å². The lowest BCUT2D eigenvalue weighted by atomic mass is 10.1. The third kappa shape index (κ3) is 6.78. The molecule has 0 heterocycles. The number of nitrogens with one attached hydrogen (secondary N) is 2. The number of carbonyl (C=O) groups excluding carboxylic acids is 2. The van der Waals surface area contributed by atoms with Gasteiger partial charge < -0.3 is 15.2 Å². The van der Waals surface area contributed by atoms with Crippen LogP contribution in [0.2, 0.25) is 0 Å². The van der Waals surface area contributed by atoms with E-state index < -0.39 is 11.8 Å². The lowest BCUT2D eigenvalue weighted by molar-refractivity contribution is -0.117. The van der Waals surface area contributed by atoms with Crippen molar-refractivity contribution >= 4 is 40.0 Å². The highest BCUT2D eigenvalue weighted by molar-refractivity contribution is 9.10. The van der Waals surface area contributed by atoms with Crippen molar-refractivity contribution in [1.82, 2.24) is 10.7 Å². The Balaban J connectivity index is 1.79. The van der Waals surface area contributed by atoms with Crippen LogP contribution in [0.4, 0.5) is 0 Å². The van der Waals surface area contributed by atoms with E-state index in [4.69, 9.17) is 4.74 Å². The van der Waals surface area contributed by atoms with Crippen molar-refractivity contribution in [3.8, 4) is 11.5 Å². The number of benzene rings is 3. The molecule has 3 N–H and O–H groups in total. The summed E-state index contributed by atoms with van der Waals surface area (Å²) in [7, 11) is 0. The normalized spacial score (nSPS) is 11.3. The predicted molar refractivity (Wildman–Crippen MR) is 131 cm³/mol. The van der Waals surface area contributed by atoms with Gasteiger partial charge in [0, 0.05) is 5.56 Å². The Morgan fingerprint density at radius 2 is 1.70 bits per heavy atom. The number of rotatable bonds is 8. The van der Waals surface area contributed by atoms with E-state index in [-0.39, 0.29) is 11.4 Å². The topological polar surface area (TPSA) is 100 Å². The summed E-state index contributed by atoms with van der Waals surface area (Å²) >= 11 is 3.26. The summed E-state index contributed by atoms with van der Waals surface area (Å²) in [6, 6.07) is 21.0. The first kappa shape index (κ1) is 23.7. The molecule has 0 aliphatic carbocycles. The van der Waals surface area contributed by atoms with Gasteiger partial charge in [0.05, 0.1) is 17.3 Å². The molecule has 0 radical (unpaired) electrons. The number of amides is 2. The fourth-order valence-corrected chi connectivity index (χ4v) is 3.28. The Kier molecular flexibility index (Phi) is 8.37. The van der Waals surface area contributed by atoms with Crippen LogP contribution in [-0.4, -0.2) is 29.7 Å². The summed E-state index contributed by atoms with van der Waals surface area (Å²) in [4.78, 5) is 25.4. The molecule has 0 unspecified atom stereocenters. The predicted octanol–water partition coefficient (Wildman–Crippen LogP) is 4.47. The number of nitrogens with zero attached hydrogens (tertiary/aromatic N) is 1. The van der Waals surface area contributed by atoms with E-state index in [1.54, 1.807) is 55.5 Å². The maximum atomic E-state index is 12.8. The number of phenols is 1. The van der Waals surface area contributed by atoms with Gasteiger partial charge in [0.15, 0.2) is 11.5 Å². The minimum Gasteiger partial charge on any atom is -0.503 e. The van der Waals surface area contributed by atoms with Crippen molar-refractivity contribution in [2.45, 2.75) is 6.92 Å². The van der Waals surface area contributed by atoms with Gasteiger partial charge in [0.2, 0.25) is 0 Å². The average Bonchev–Trinajstić information content (AvgIpc) is 2.83. The minimum absolute atomic E-state index is 0.0188. The number of hydrogen-bond acceptors (Lipinski definition) is 5. The molecule has 168 valence electrons. The SMILES string of the molecule is CCOc1cc(/C=N\NC(=O)/C(=C/c2ccccc2)NC(=O)c2ccccc2)cc(Br)c1O. The molecule has 0 bridgehead atoms. The number of aromatic hydroxyl groups is 1. The van der Waals surface area contributed by atoms with E-state index in [9.17, 15) is 14.7 Å². The maximum absolute atomic E-state index is 12.8. The maximum Gasteiger partial charge on any atom is 0.287 e. The lowest BCUT2D eigenvalue weighted by Gasteiger charge is -2.10. The zero-order chi connectivity index (χ0) is 23.6. The molecule has 33 heavy (non-hydrogen) atoms. The molecule has 0 aliphatic rings. The van der Waals surface area contributed by atoms with Crippen molar-refractivity contribution in [3.63, 3.8) is 0 Å². The number of carbonyl (C=O) groups is 2. The summed E-state index contributed by atoms with van der Waals surface area (Å²) in [5.74, 6) is -0.739. The summed E-state index contributed by atoms with van der Waals surface area (Å²) in [6.45, 7) is 2.19. The second kappa shape index (κ2) is 11.6. The highest BCUT2D eigenvalue weighted by Gasteiger charge is 2.14. The quantitative estimate of drug-likeness (QED) is 0.238. The molecule has 8 heteroatoms. The fourth-order valence-electron chi connectivity index (χ4n) is 2.82. The van der Waals surface area contributed by atoms with Gasteiger partial charge in [0.25, 0.3) is 11.8 Å². The van der Waals surface area contributed by atoms with E-state index in [1.807, 2.05) is 30.3 Å². The zero-order valence-electron chi connectivity index (χ0n) is 17.8. The number of ether oxygens (including phenoxy) is 1. The highest BCUT2D eigenvalue weighted by Crippen LogP contribution is 2.35. The van der Waals surface area contributed by atoms with E-state index >= 15 is 0 Å². The molecule has 2 amide bonds. The van der Waals surface area contributed by atoms with Gasteiger partial charge in [-0.3, -0.25) is 9.59 Å². The molecule has 0 aromatic heterocycles. The average molecular weight is 508 g/mol. The van der Waals surface area contributed by atoms with Gasteiger partial charge in [-0.15, -0.1) is 0 Å². The van der Waals surface area contributed by atoms with Crippen LogP contribution in [0.1, 0.15) is 28.4 Å². The van der Waals surface area contributed by atoms with Crippen LogP contribution >= 0.6 is 15.9 Å². The lowest BCUT2D eigenvalue weighted by Crippen LogP contribution is -2.32. The molecule has 0 fully saturated rings. The molecular weight excluding hydrogens is 486 g/mol. The molecule has 0 saturated heterocycles. The first-order chi connectivity index (χ1) is 16.0. The Bertz CT molecular complexity index is 1180. The monoisotopic (exact) mass is 507 g/mol. The van der Waals surface area contributed by atoms with Gasteiger partial charge >= 0.3 is 0 Å². The largest absolute Gasteiger partial charge is 0.503 e. The summed E-state index contributed by atoms with van der Waals surface area (Å²) < 4.78 is 5.82. The van der Waals surface area contributed by atoms with Crippen LogP contribution in [0, 0.1) is 0 Å². The Labute approximate surface area is 199 Å². The standard InChI is InChI=1S/C25H22BrN3O4/c1-2-33-22-15-18(13-20(26)23(22)30)16-27-29-25(32)21(14-17-9-5-3-6-10-17)28-24(31)19-11-7-4-8-12-19/h3-16,30H,2H2,1H3,(H,28,31)(H,29,32)/b21-14-,27-16-. The molecule has 0 atom stereocenters. The van der Waals surface area contributed by atoms with Gasteiger partial charge in [-0.2, -0.15) is 5.10 Å². The van der Waals surface area contributed by atoms with Crippen LogP contribution in [0.3, 0.4) is 0 Å². The highest BCUT2D eigenvalue weighted by atomic mass is 79.9. The van der Waals surface area contributed by atoms with Gasteiger partial charge in [0.1, 0.15) is 5.70 Å². The summed E-state index contributed by atoms with van der Waals surface area (Å²) in [5, 5.41) is 16.7. The van der Waals surface area contributed by atoms with Crippen LogP contribution in [0.25, 0.3) is 6.08 Å². The van der Waals surface area contributed by atoms with Crippen LogP contribution in [0.15, 0.2) is 88.1 Å². The molecule has 3 aromatic carbocycles. The Morgan fingerprint density at radius 1 is 1.03 bits per heavy atom. The first-order valence-electron chi connectivity index (χ1n) is 10.1. The van der Waals surface area contributed by atoms with Crippen LogP contribution < -0.4 is 15.5 Å². The number of halogens is 1. The number of phenolic OH excluding ortho intramolecular Hbond substituents is 1. The van der Waals surface area contributed by atoms with E-state index in [1.165, 1.54) is 6.21 Å². The smallest absolute Gasteiger partial charge is 0.287 e. The van der Waals surface area contributed by atoms with E-state index in [0.29, 0.717) is 28.0 Å². The molecule has 3 rings (SSSR count). The third-order valence-electron chi connectivity index (χ3n) is 4.37. The molecule has 7 nitrogen and oxygen atoms in total. The van der Waals surface area contributed by atoms with Crippen molar-refractivity contribution in [3.05, 3.63) is 99.7 Å². The van der Waals surface area contributed by atoms with Crippen molar-refractivity contribution in [2.24, 2.45) is 5.10 Å². The van der Waals surface area contributed by atoms with E-state index in [2.05, 4.69) is 31.8 Å². The summed E-state index contributed by atoms with van der Waals surface area (Å²) in [5.41, 5.74) is 4.21. The number of hydrazone groups is 1. The Morgan fingerprint density at radius 3 is 2.36 bits per heavy atom. The minimum atomic E-state index is -0.595. The van der Waals surface area contributed by atoms with Crippen molar-refractivity contribution in [2.75, 3.05) is 6.61 Å². The second-order valence-corrected chi connectivity index (χ2v) is 7.62. The molecule has 3 aromatic rings. The van der Waals surface area contributed by atoms with Crippen molar-refractivity contribution in [1.29, 1.82) is 0 Å². The summed E-state index contributed by atoms with van der Waals surface area (Å²) in [6.07, 6.45) is 2.97.